The van der Waals surface area contributed by atoms with Crippen LogP contribution in [0.1, 0.15) is 5.69 Å². The van der Waals surface area contributed by atoms with Crippen molar-refractivity contribution in [3.05, 3.63) is 48.9 Å². The zero-order valence-corrected chi connectivity index (χ0v) is 13.4. The van der Waals surface area contributed by atoms with Gasteiger partial charge in [0, 0.05) is 11.5 Å². The molecule has 3 aromatic rings. The summed E-state index contributed by atoms with van der Waals surface area (Å²) in [5.41, 5.74) is 1.97. The number of halogens is 3. The van der Waals surface area contributed by atoms with E-state index in [2.05, 4.69) is 31.7 Å². The highest BCUT2D eigenvalue weighted by molar-refractivity contribution is 6.00. The molecule has 0 saturated heterocycles. The molecule has 3 rings (SSSR count). The van der Waals surface area contributed by atoms with Gasteiger partial charge in [-0.05, 0) is 25.1 Å². The maximum Gasteiger partial charge on any atom is 0.574 e. The Balaban J connectivity index is 1.95. The Morgan fingerprint density at radius 3 is 2.69 bits per heavy atom. The highest BCUT2D eigenvalue weighted by Crippen LogP contribution is 2.25. The molecule has 1 N–H and O–H groups in total. The van der Waals surface area contributed by atoms with Crippen LogP contribution < -0.4 is 10.1 Å². The summed E-state index contributed by atoms with van der Waals surface area (Å²) < 4.78 is 41.8. The largest absolute Gasteiger partial charge is 0.574 e. The number of alkyl halides is 3. The predicted octanol–water partition coefficient (Wildman–Crippen LogP) is 3.15. The summed E-state index contributed by atoms with van der Waals surface area (Å²) in [5, 5.41) is 7.59. The summed E-state index contributed by atoms with van der Waals surface area (Å²) in [6.07, 6.45) is -1.04. The van der Waals surface area contributed by atoms with Gasteiger partial charge in [0.15, 0.2) is 5.65 Å². The minimum absolute atomic E-state index is 0.374. The molecule has 26 heavy (non-hydrogen) atoms. The number of nitrogens with one attached hydrogen (secondary N) is 1. The molecule has 0 aliphatic rings. The lowest BCUT2D eigenvalue weighted by Gasteiger charge is -2.08. The molecule has 0 fully saturated rings. The van der Waals surface area contributed by atoms with Gasteiger partial charge in [0.25, 0.3) is 0 Å². The number of pyridine rings is 2. The number of anilines is 1. The molecule has 10 heteroatoms. The number of amides is 1. The van der Waals surface area contributed by atoms with Crippen LogP contribution in [0.25, 0.3) is 16.7 Å². The second-order valence-corrected chi connectivity index (χ2v) is 5.19. The van der Waals surface area contributed by atoms with Crippen LogP contribution in [0.3, 0.4) is 0 Å². The van der Waals surface area contributed by atoms with Gasteiger partial charge in [-0.15, -0.1) is 13.2 Å². The third-order valence-corrected chi connectivity index (χ3v) is 3.35. The standard InChI is InChI=1S/C16H12F3N5O2/c1-3-13(25)22-10-6-12-9(2)23-24(15(12)21-7-10)11-4-5-14(20-8-11)26-16(17,18)19/h3-8H,1H2,2H3,(H,22,25). The average molecular weight is 363 g/mol. The molecule has 0 aromatic carbocycles. The number of nitrogens with zero attached hydrogens (tertiary/aromatic N) is 4. The van der Waals surface area contributed by atoms with E-state index in [1.54, 1.807) is 13.0 Å². The van der Waals surface area contributed by atoms with Crippen molar-refractivity contribution in [1.82, 2.24) is 19.7 Å². The summed E-state index contributed by atoms with van der Waals surface area (Å²) in [6.45, 7) is 5.12. The minimum atomic E-state index is -4.81. The molecule has 0 bridgehead atoms. The molecule has 0 saturated carbocycles. The topological polar surface area (TPSA) is 81.9 Å². The molecule has 134 valence electrons. The van der Waals surface area contributed by atoms with E-state index >= 15 is 0 Å². The third-order valence-electron chi connectivity index (χ3n) is 3.35. The van der Waals surface area contributed by atoms with Crippen LogP contribution in [0.5, 0.6) is 5.88 Å². The molecule has 0 aliphatic carbocycles. The highest BCUT2D eigenvalue weighted by atomic mass is 19.4. The number of rotatable bonds is 4. The van der Waals surface area contributed by atoms with Gasteiger partial charge in [-0.1, -0.05) is 6.58 Å². The van der Waals surface area contributed by atoms with Crippen LogP contribution in [0.15, 0.2) is 43.2 Å². The second-order valence-electron chi connectivity index (χ2n) is 5.19. The number of carbonyl (C=O) groups is 1. The summed E-state index contributed by atoms with van der Waals surface area (Å²) in [4.78, 5) is 19.3. The van der Waals surface area contributed by atoms with Crippen LogP contribution >= 0.6 is 0 Å². The molecular weight excluding hydrogens is 351 g/mol. The summed E-state index contributed by atoms with van der Waals surface area (Å²) in [6, 6.07) is 4.16. The van der Waals surface area contributed by atoms with E-state index in [0.29, 0.717) is 28.1 Å². The van der Waals surface area contributed by atoms with Gasteiger partial charge >= 0.3 is 6.36 Å². The van der Waals surface area contributed by atoms with Gasteiger partial charge in [-0.2, -0.15) is 5.10 Å². The number of carbonyl (C=O) groups excluding carboxylic acids is 1. The Labute approximate surface area is 145 Å². The summed E-state index contributed by atoms with van der Waals surface area (Å²) in [5.74, 6) is -0.947. The molecule has 0 aliphatic heterocycles. The van der Waals surface area contributed by atoms with Gasteiger partial charge in [0.2, 0.25) is 11.8 Å². The van der Waals surface area contributed by atoms with Gasteiger partial charge in [0.1, 0.15) is 0 Å². The lowest BCUT2D eigenvalue weighted by atomic mass is 10.2. The Kier molecular flexibility index (Phi) is 4.33. The Morgan fingerprint density at radius 2 is 2.08 bits per heavy atom. The van der Waals surface area contributed by atoms with Crippen LogP contribution in [0.2, 0.25) is 0 Å². The lowest BCUT2D eigenvalue weighted by molar-refractivity contribution is -0.276. The van der Waals surface area contributed by atoms with E-state index in [4.69, 9.17) is 0 Å². The quantitative estimate of drug-likeness (QED) is 0.720. The molecule has 0 spiro atoms. The number of ether oxygens (including phenoxy) is 1. The lowest BCUT2D eigenvalue weighted by Crippen LogP contribution is -2.17. The molecule has 3 aromatic heterocycles. The number of hydrogen-bond donors (Lipinski definition) is 1. The fraction of sp³-hybridized carbons (Fsp3) is 0.125. The zero-order valence-electron chi connectivity index (χ0n) is 13.4. The Morgan fingerprint density at radius 1 is 1.31 bits per heavy atom. The number of aromatic nitrogens is 4. The van der Waals surface area contributed by atoms with Crippen molar-refractivity contribution < 1.29 is 22.7 Å². The van der Waals surface area contributed by atoms with E-state index < -0.39 is 12.2 Å². The predicted molar refractivity (Wildman–Crippen MR) is 86.9 cm³/mol. The first kappa shape index (κ1) is 17.4. The number of fused-ring (bicyclic) bond motifs is 1. The molecule has 0 radical (unpaired) electrons. The van der Waals surface area contributed by atoms with E-state index in [0.717, 1.165) is 12.1 Å². The molecule has 7 nitrogen and oxygen atoms in total. The zero-order chi connectivity index (χ0) is 18.9. The van der Waals surface area contributed by atoms with Gasteiger partial charge < -0.3 is 10.1 Å². The van der Waals surface area contributed by atoms with Crippen LogP contribution in [0, 0.1) is 6.92 Å². The molecular formula is C16H12F3N5O2. The fourth-order valence-electron chi connectivity index (χ4n) is 2.26. The normalized spacial score (nSPS) is 11.4. The van der Waals surface area contributed by atoms with E-state index in [1.807, 2.05) is 0 Å². The van der Waals surface area contributed by atoms with Crippen molar-refractivity contribution in [1.29, 1.82) is 0 Å². The van der Waals surface area contributed by atoms with E-state index in [-0.39, 0.29) is 5.91 Å². The van der Waals surface area contributed by atoms with Gasteiger partial charge in [-0.25, -0.2) is 14.6 Å². The van der Waals surface area contributed by atoms with E-state index in [1.165, 1.54) is 23.1 Å². The first-order valence-electron chi connectivity index (χ1n) is 7.28. The van der Waals surface area contributed by atoms with Crippen molar-refractivity contribution in [2.24, 2.45) is 0 Å². The molecule has 0 atom stereocenters. The number of aryl methyl sites for hydroxylation is 1. The van der Waals surface area contributed by atoms with Crippen molar-refractivity contribution in [2.75, 3.05) is 5.32 Å². The van der Waals surface area contributed by atoms with Crippen LogP contribution in [-0.4, -0.2) is 32.0 Å². The van der Waals surface area contributed by atoms with Crippen LogP contribution in [-0.2, 0) is 4.79 Å². The average Bonchev–Trinajstić information content (AvgIpc) is 2.90. The first-order chi connectivity index (χ1) is 12.3. The monoisotopic (exact) mass is 363 g/mol. The van der Waals surface area contributed by atoms with Crippen LogP contribution in [0.4, 0.5) is 18.9 Å². The highest BCUT2D eigenvalue weighted by Gasteiger charge is 2.31. The van der Waals surface area contributed by atoms with Crippen molar-refractivity contribution in [3.8, 4) is 11.6 Å². The molecule has 0 unspecified atom stereocenters. The van der Waals surface area contributed by atoms with Crippen molar-refractivity contribution in [3.63, 3.8) is 0 Å². The van der Waals surface area contributed by atoms with Crippen molar-refractivity contribution in [2.45, 2.75) is 13.3 Å². The summed E-state index contributed by atoms with van der Waals surface area (Å²) >= 11 is 0. The number of hydrogen-bond acceptors (Lipinski definition) is 5. The minimum Gasteiger partial charge on any atom is -0.388 e. The Bertz CT molecular complexity index is 980. The summed E-state index contributed by atoms with van der Waals surface area (Å²) in [7, 11) is 0. The maximum atomic E-state index is 12.2. The van der Waals surface area contributed by atoms with Gasteiger partial charge in [0.05, 0.1) is 29.5 Å². The fourth-order valence-corrected chi connectivity index (χ4v) is 2.26. The third kappa shape index (κ3) is 3.63. The smallest absolute Gasteiger partial charge is 0.388 e. The first-order valence-corrected chi connectivity index (χ1v) is 7.28. The molecule has 3 heterocycles. The molecule has 1 amide bonds. The maximum absolute atomic E-state index is 12.2. The Hall–Kier alpha value is -3.43. The van der Waals surface area contributed by atoms with Crippen molar-refractivity contribution >= 4 is 22.6 Å². The van der Waals surface area contributed by atoms with Gasteiger partial charge in [-0.3, -0.25) is 4.79 Å². The SMILES string of the molecule is C=CC(=O)Nc1cnc2c(c1)c(C)nn2-c1ccc(OC(F)(F)F)nc1. The second kappa shape index (κ2) is 6.47. The van der Waals surface area contributed by atoms with E-state index in [9.17, 15) is 18.0 Å².